The summed E-state index contributed by atoms with van der Waals surface area (Å²) in [5.41, 5.74) is 1.98. The molecule has 268 valence electrons. The molecule has 0 N–H and O–H groups in total. The van der Waals surface area contributed by atoms with Crippen LogP contribution in [0.25, 0.3) is 0 Å². The molecule has 2 atom stereocenters. The van der Waals surface area contributed by atoms with E-state index in [-0.39, 0.29) is 36.7 Å². The summed E-state index contributed by atoms with van der Waals surface area (Å²) in [4.78, 5) is 13.6. The number of halogens is 3. The first kappa shape index (κ1) is 37.1. The second kappa shape index (κ2) is 15.4. The van der Waals surface area contributed by atoms with Crippen molar-refractivity contribution in [1.82, 2.24) is 15.1 Å². The molecule has 1 aliphatic heterocycles. The molecule has 5 rings (SSSR count). The van der Waals surface area contributed by atoms with E-state index < -0.39 is 44.0 Å². The van der Waals surface area contributed by atoms with Gasteiger partial charge in [0.25, 0.3) is 10.0 Å². The number of aromatic nitrogens is 2. The highest BCUT2D eigenvalue weighted by Gasteiger charge is 2.36. The Hall–Kier alpha value is -4.21. The lowest BCUT2D eigenvalue weighted by molar-refractivity contribution is 0.0110. The molecule has 4 aromatic rings. The highest BCUT2D eigenvalue weighted by Crippen LogP contribution is 2.37. The lowest BCUT2D eigenvalue weighted by atomic mass is 9.81. The summed E-state index contributed by atoms with van der Waals surface area (Å²) < 4.78 is 82.3. The predicted molar refractivity (Wildman–Crippen MR) is 185 cm³/mol. The lowest BCUT2D eigenvalue weighted by Crippen LogP contribution is -2.46. The van der Waals surface area contributed by atoms with E-state index in [1.807, 2.05) is 12.1 Å². The third-order valence-electron chi connectivity index (χ3n) is 8.06. The number of sulfonamides is 1. The Morgan fingerprint density at radius 2 is 1.78 bits per heavy atom. The molecule has 0 aliphatic carbocycles. The largest absolute Gasteiger partial charge is 0.497 e. The summed E-state index contributed by atoms with van der Waals surface area (Å²) >= 11 is 7.02. The fourth-order valence-corrected chi connectivity index (χ4v) is 8.01. The van der Waals surface area contributed by atoms with Crippen molar-refractivity contribution in [2.45, 2.75) is 50.2 Å². The van der Waals surface area contributed by atoms with Crippen LogP contribution in [0.4, 0.5) is 18.7 Å². The van der Waals surface area contributed by atoms with Crippen LogP contribution >= 0.6 is 22.9 Å². The maximum atomic E-state index is 15.8. The van der Waals surface area contributed by atoms with Gasteiger partial charge in [-0.05, 0) is 62.9 Å². The Labute approximate surface area is 298 Å². The van der Waals surface area contributed by atoms with Gasteiger partial charge in [0.15, 0.2) is 11.6 Å². The van der Waals surface area contributed by atoms with E-state index in [0.717, 1.165) is 21.2 Å². The van der Waals surface area contributed by atoms with Crippen molar-refractivity contribution in [2.75, 3.05) is 38.2 Å². The Balaban J connectivity index is 1.41. The first-order valence-electron chi connectivity index (χ1n) is 15.5. The summed E-state index contributed by atoms with van der Waals surface area (Å²) in [7, 11) is -1.85. The van der Waals surface area contributed by atoms with Gasteiger partial charge in [-0.15, -0.1) is 10.2 Å². The van der Waals surface area contributed by atoms with Crippen LogP contribution in [0.2, 0.25) is 5.02 Å². The van der Waals surface area contributed by atoms with Gasteiger partial charge in [-0.1, -0.05) is 35.1 Å². The molecule has 2 heterocycles. The quantitative estimate of drug-likeness (QED) is 0.156. The minimum Gasteiger partial charge on any atom is -0.497 e. The third-order valence-corrected chi connectivity index (χ3v) is 10.9. The van der Waals surface area contributed by atoms with Crippen LogP contribution in [0.1, 0.15) is 44.2 Å². The topological polar surface area (TPSA) is 120 Å². The van der Waals surface area contributed by atoms with Gasteiger partial charge < -0.3 is 23.8 Å². The van der Waals surface area contributed by atoms with Crippen molar-refractivity contribution in [1.29, 1.82) is 0 Å². The van der Waals surface area contributed by atoms with Crippen molar-refractivity contribution >= 4 is 44.2 Å². The van der Waals surface area contributed by atoms with Crippen LogP contribution in [-0.2, 0) is 21.3 Å². The Kier molecular flexibility index (Phi) is 11.4. The van der Waals surface area contributed by atoms with Crippen LogP contribution in [0.5, 0.6) is 17.2 Å². The minimum absolute atomic E-state index is 0.0666. The number of hydrogen-bond acceptors (Lipinski definition) is 10. The molecule has 0 saturated carbocycles. The van der Waals surface area contributed by atoms with Gasteiger partial charge in [0, 0.05) is 47.8 Å². The van der Waals surface area contributed by atoms with E-state index in [4.69, 9.17) is 30.5 Å². The van der Waals surface area contributed by atoms with Crippen molar-refractivity contribution in [3.05, 3.63) is 87.9 Å². The molecule has 1 fully saturated rings. The number of carbonyl (C=O) groups excluding carboxylic acids is 1. The van der Waals surface area contributed by atoms with Crippen LogP contribution in [0, 0.1) is 17.6 Å². The van der Waals surface area contributed by atoms with E-state index in [2.05, 4.69) is 10.2 Å². The number of methoxy groups -OCH3 is 2. The monoisotopic (exact) mass is 750 g/mol. The number of likely N-dealkylation sites (tertiary alicyclic amines) is 1. The number of amides is 1. The van der Waals surface area contributed by atoms with E-state index in [1.165, 1.54) is 19.7 Å². The number of benzene rings is 3. The molecule has 50 heavy (non-hydrogen) atoms. The highest BCUT2D eigenvalue weighted by atomic mass is 35.5. The van der Waals surface area contributed by atoms with Crippen molar-refractivity contribution in [3.63, 3.8) is 0 Å². The van der Waals surface area contributed by atoms with Gasteiger partial charge in [0.1, 0.15) is 33.3 Å². The van der Waals surface area contributed by atoms with Crippen LogP contribution < -0.4 is 18.5 Å². The SMILES string of the molecule is COc1ccc(CN(c2nncs2)S(=O)(=O)c2cc(F)c(OCC3CN(C(=O)OC(C)(C)C)CCC3c3ccc(Cl)cc3)cc2F)c(OC)c1. The maximum Gasteiger partial charge on any atom is 0.410 e. The summed E-state index contributed by atoms with van der Waals surface area (Å²) in [5.74, 6) is -2.47. The lowest BCUT2D eigenvalue weighted by Gasteiger charge is -2.39. The fourth-order valence-electron chi connectivity index (χ4n) is 5.64. The van der Waals surface area contributed by atoms with Crippen LogP contribution in [0.3, 0.4) is 0 Å². The van der Waals surface area contributed by atoms with Crippen molar-refractivity contribution < 1.29 is 40.9 Å². The number of anilines is 1. The molecule has 3 aromatic carbocycles. The van der Waals surface area contributed by atoms with Gasteiger partial charge in [-0.25, -0.2) is 26.3 Å². The predicted octanol–water partition coefficient (Wildman–Crippen LogP) is 7.30. The van der Waals surface area contributed by atoms with E-state index >= 15 is 8.78 Å². The number of piperidine rings is 1. The summed E-state index contributed by atoms with van der Waals surface area (Å²) in [6, 6.07) is 13.4. The molecule has 0 radical (unpaired) electrons. The molecule has 1 aromatic heterocycles. The van der Waals surface area contributed by atoms with Crippen LogP contribution in [-0.4, -0.2) is 69.1 Å². The van der Waals surface area contributed by atoms with E-state index in [0.29, 0.717) is 47.2 Å². The average molecular weight is 751 g/mol. The molecule has 1 amide bonds. The molecular weight excluding hydrogens is 714 g/mol. The number of carbonyl (C=O) groups is 1. The second-order valence-electron chi connectivity index (χ2n) is 12.6. The zero-order chi connectivity index (χ0) is 36.2. The highest BCUT2D eigenvalue weighted by molar-refractivity contribution is 7.93. The summed E-state index contributed by atoms with van der Waals surface area (Å²) in [5, 5.41) is 8.12. The van der Waals surface area contributed by atoms with Crippen molar-refractivity contribution in [3.8, 4) is 17.2 Å². The van der Waals surface area contributed by atoms with Gasteiger partial charge in [0.2, 0.25) is 5.13 Å². The van der Waals surface area contributed by atoms with E-state index in [1.54, 1.807) is 56.0 Å². The molecule has 0 spiro atoms. The smallest absolute Gasteiger partial charge is 0.410 e. The molecule has 1 saturated heterocycles. The maximum absolute atomic E-state index is 15.8. The fraction of sp³-hybridized carbons (Fsp3) is 0.382. The first-order chi connectivity index (χ1) is 23.7. The number of hydrogen-bond donors (Lipinski definition) is 0. The normalized spacial score (nSPS) is 16.5. The Bertz CT molecular complexity index is 1910. The van der Waals surface area contributed by atoms with Crippen LogP contribution in [0.15, 0.2) is 65.0 Å². The molecular formula is C34H37ClF2N4O7S2. The minimum atomic E-state index is -4.73. The zero-order valence-electron chi connectivity index (χ0n) is 28.1. The standard InChI is InChI=1S/C34H37ClF2N4O7S2/c1-34(2,3)48-33(42)40-13-12-26(21-6-9-24(35)10-7-21)23(17-40)19-47-30-15-28(37)31(16-27(30)36)50(43,44)41(32-39-38-20-49-32)18-22-8-11-25(45-4)14-29(22)46-5/h6-11,14-16,20,23,26H,12-13,17-19H2,1-5H3. The van der Waals surface area contributed by atoms with Gasteiger partial charge in [-0.3, -0.25) is 0 Å². The molecule has 11 nitrogen and oxygen atoms in total. The number of nitrogens with zero attached hydrogens (tertiary/aromatic N) is 4. The van der Waals surface area contributed by atoms with E-state index in [9.17, 15) is 13.2 Å². The number of rotatable bonds is 11. The molecule has 16 heteroatoms. The van der Waals surface area contributed by atoms with Crippen molar-refractivity contribution in [2.24, 2.45) is 5.92 Å². The molecule has 0 bridgehead atoms. The Morgan fingerprint density at radius 1 is 1.04 bits per heavy atom. The van der Waals surface area contributed by atoms with Gasteiger partial charge >= 0.3 is 6.09 Å². The molecule has 2 unspecified atom stereocenters. The van der Waals surface area contributed by atoms with Gasteiger partial charge in [-0.2, -0.15) is 0 Å². The Morgan fingerprint density at radius 3 is 2.42 bits per heavy atom. The summed E-state index contributed by atoms with van der Waals surface area (Å²) in [6.45, 7) is 5.53. The first-order valence-corrected chi connectivity index (χ1v) is 18.2. The van der Waals surface area contributed by atoms with Gasteiger partial charge in [0.05, 0.1) is 27.4 Å². The second-order valence-corrected chi connectivity index (χ2v) is 15.6. The third kappa shape index (κ3) is 8.56. The number of ether oxygens (including phenoxy) is 4. The zero-order valence-corrected chi connectivity index (χ0v) is 30.4. The summed E-state index contributed by atoms with van der Waals surface area (Å²) in [6.07, 6.45) is 0.0691. The molecule has 1 aliphatic rings. The average Bonchev–Trinajstić information content (AvgIpc) is 3.61.